The number of nitrogens with zero attached hydrogens (tertiary/aromatic N) is 1. The van der Waals surface area contributed by atoms with Gasteiger partial charge in [-0.3, -0.25) is 14.5 Å². The third-order valence-corrected chi connectivity index (χ3v) is 5.03. The van der Waals surface area contributed by atoms with Crippen molar-refractivity contribution in [2.75, 3.05) is 31.9 Å². The van der Waals surface area contributed by atoms with E-state index in [0.29, 0.717) is 40.7 Å². The molecule has 0 radical (unpaired) electrons. The van der Waals surface area contributed by atoms with E-state index in [-0.39, 0.29) is 37.7 Å². The van der Waals surface area contributed by atoms with Gasteiger partial charge >= 0.3 is 0 Å². The fourth-order valence-electron chi connectivity index (χ4n) is 3.55. The SMILES string of the molecule is CCOc1ccc(C2=C(Nc3ccc4c(c3)OCO4)C(=O)N(CCOC(C)C)C2=O)cc1. The Morgan fingerprint density at radius 2 is 1.78 bits per heavy atom. The van der Waals surface area contributed by atoms with Gasteiger partial charge in [-0.15, -0.1) is 0 Å². The van der Waals surface area contributed by atoms with E-state index in [1.807, 2.05) is 20.8 Å². The molecular formula is C24H26N2O6. The van der Waals surface area contributed by atoms with Gasteiger partial charge in [-0.1, -0.05) is 12.1 Å². The Labute approximate surface area is 186 Å². The van der Waals surface area contributed by atoms with Crippen molar-refractivity contribution in [3.05, 3.63) is 53.7 Å². The molecule has 2 amide bonds. The van der Waals surface area contributed by atoms with E-state index in [1.54, 1.807) is 42.5 Å². The lowest BCUT2D eigenvalue weighted by molar-refractivity contribution is -0.137. The van der Waals surface area contributed by atoms with Crippen LogP contribution >= 0.6 is 0 Å². The number of carbonyl (C=O) groups excluding carboxylic acids is 2. The molecule has 32 heavy (non-hydrogen) atoms. The zero-order valence-electron chi connectivity index (χ0n) is 18.3. The number of imide groups is 1. The molecule has 8 heteroatoms. The Morgan fingerprint density at radius 1 is 1.03 bits per heavy atom. The number of anilines is 1. The molecule has 2 aliphatic rings. The number of benzene rings is 2. The first-order chi connectivity index (χ1) is 15.5. The topological polar surface area (TPSA) is 86.3 Å². The first-order valence-electron chi connectivity index (χ1n) is 10.6. The summed E-state index contributed by atoms with van der Waals surface area (Å²) in [5, 5.41) is 3.13. The quantitative estimate of drug-likeness (QED) is 0.600. The summed E-state index contributed by atoms with van der Waals surface area (Å²) in [5.74, 6) is 1.15. The lowest BCUT2D eigenvalue weighted by Gasteiger charge is -2.16. The molecular weight excluding hydrogens is 412 g/mol. The molecule has 0 atom stereocenters. The molecule has 0 fully saturated rings. The first kappa shape index (κ1) is 21.7. The van der Waals surface area contributed by atoms with Crippen LogP contribution in [0.2, 0.25) is 0 Å². The predicted octanol–water partition coefficient (Wildman–Crippen LogP) is 3.43. The van der Waals surface area contributed by atoms with Crippen molar-refractivity contribution in [3.63, 3.8) is 0 Å². The molecule has 8 nitrogen and oxygen atoms in total. The highest BCUT2D eigenvalue weighted by Gasteiger charge is 2.39. The van der Waals surface area contributed by atoms with Gasteiger partial charge in [-0.2, -0.15) is 0 Å². The van der Waals surface area contributed by atoms with Crippen LogP contribution in [-0.2, 0) is 14.3 Å². The van der Waals surface area contributed by atoms with E-state index >= 15 is 0 Å². The van der Waals surface area contributed by atoms with Gasteiger partial charge in [0.1, 0.15) is 11.4 Å². The summed E-state index contributed by atoms with van der Waals surface area (Å²) in [6.45, 7) is 6.85. The second-order valence-electron chi connectivity index (χ2n) is 7.58. The number of fused-ring (bicyclic) bond motifs is 1. The lowest BCUT2D eigenvalue weighted by atomic mass is 10.0. The average Bonchev–Trinajstić information content (AvgIpc) is 3.32. The highest BCUT2D eigenvalue weighted by Crippen LogP contribution is 2.36. The van der Waals surface area contributed by atoms with Gasteiger partial charge in [-0.25, -0.2) is 0 Å². The molecule has 2 heterocycles. The lowest BCUT2D eigenvalue weighted by Crippen LogP contribution is -2.35. The van der Waals surface area contributed by atoms with Crippen molar-refractivity contribution in [2.24, 2.45) is 0 Å². The van der Waals surface area contributed by atoms with Gasteiger partial charge in [0.2, 0.25) is 6.79 Å². The molecule has 2 aliphatic heterocycles. The molecule has 0 unspecified atom stereocenters. The van der Waals surface area contributed by atoms with E-state index in [2.05, 4.69) is 5.32 Å². The number of nitrogens with one attached hydrogen (secondary N) is 1. The van der Waals surface area contributed by atoms with Crippen LogP contribution in [0.25, 0.3) is 5.57 Å². The number of hydrogen-bond donors (Lipinski definition) is 1. The summed E-state index contributed by atoms with van der Waals surface area (Å²) in [6, 6.07) is 12.4. The van der Waals surface area contributed by atoms with Gasteiger partial charge in [0.05, 0.1) is 31.4 Å². The molecule has 0 bridgehead atoms. The molecule has 2 aromatic rings. The van der Waals surface area contributed by atoms with Crippen LogP contribution in [-0.4, -0.2) is 49.4 Å². The van der Waals surface area contributed by atoms with Crippen molar-refractivity contribution in [3.8, 4) is 17.2 Å². The molecule has 0 aromatic heterocycles. The summed E-state index contributed by atoms with van der Waals surface area (Å²) in [6.07, 6.45) is 0.00701. The Balaban J connectivity index is 1.66. The third kappa shape index (κ3) is 4.40. The molecule has 0 saturated heterocycles. The maximum Gasteiger partial charge on any atom is 0.278 e. The third-order valence-electron chi connectivity index (χ3n) is 5.03. The van der Waals surface area contributed by atoms with Crippen molar-refractivity contribution >= 4 is 23.1 Å². The maximum atomic E-state index is 13.3. The van der Waals surface area contributed by atoms with Gasteiger partial charge in [-0.05, 0) is 50.6 Å². The van der Waals surface area contributed by atoms with Gasteiger partial charge in [0.25, 0.3) is 11.8 Å². The van der Waals surface area contributed by atoms with Crippen molar-refractivity contribution in [1.29, 1.82) is 0 Å². The zero-order valence-corrected chi connectivity index (χ0v) is 18.3. The number of carbonyl (C=O) groups is 2. The fourth-order valence-corrected chi connectivity index (χ4v) is 3.55. The Morgan fingerprint density at radius 3 is 2.50 bits per heavy atom. The maximum absolute atomic E-state index is 13.3. The Kier molecular flexibility index (Phi) is 6.32. The average molecular weight is 438 g/mol. The second-order valence-corrected chi connectivity index (χ2v) is 7.58. The van der Waals surface area contributed by atoms with Crippen LogP contribution < -0.4 is 19.5 Å². The molecule has 4 rings (SSSR count). The number of ether oxygens (including phenoxy) is 4. The number of amides is 2. The molecule has 2 aromatic carbocycles. The summed E-state index contributed by atoms with van der Waals surface area (Å²) in [5.41, 5.74) is 1.76. The highest BCUT2D eigenvalue weighted by atomic mass is 16.7. The van der Waals surface area contributed by atoms with Crippen LogP contribution in [0, 0.1) is 0 Å². The molecule has 1 N–H and O–H groups in total. The minimum absolute atomic E-state index is 0.00701. The van der Waals surface area contributed by atoms with Gasteiger partial charge in [0.15, 0.2) is 11.5 Å². The normalized spacial score (nSPS) is 15.2. The van der Waals surface area contributed by atoms with Crippen LogP contribution in [0.3, 0.4) is 0 Å². The summed E-state index contributed by atoms with van der Waals surface area (Å²) in [4.78, 5) is 27.7. The predicted molar refractivity (Wildman–Crippen MR) is 119 cm³/mol. The Bertz CT molecular complexity index is 1040. The van der Waals surface area contributed by atoms with E-state index in [1.165, 1.54) is 4.90 Å². The zero-order chi connectivity index (χ0) is 22.7. The van der Waals surface area contributed by atoms with E-state index in [4.69, 9.17) is 18.9 Å². The summed E-state index contributed by atoms with van der Waals surface area (Å²) >= 11 is 0. The largest absolute Gasteiger partial charge is 0.494 e. The first-order valence-corrected chi connectivity index (χ1v) is 10.6. The van der Waals surface area contributed by atoms with Crippen LogP contribution in [0.15, 0.2) is 48.2 Å². The van der Waals surface area contributed by atoms with E-state index < -0.39 is 5.91 Å². The van der Waals surface area contributed by atoms with Crippen LogP contribution in [0.5, 0.6) is 17.2 Å². The van der Waals surface area contributed by atoms with Gasteiger partial charge in [0, 0.05) is 11.8 Å². The van der Waals surface area contributed by atoms with E-state index in [9.17, 15) is 9.59 Å². The molecule has 0 aliphatic carbocycles. The van der Waals surface area contributed by atoms with Crippen molar-refractivity contribution < 1.29 is 28.5 Å². The standard InChI is InChI=1S/C24H26N2O6/c1-4-29-18-8-5-16(6-9-18)21-22(24(28)26(23(21)27)11-12-30-15(2)3)25-17-7-10-19-20(13-17)32-14-31-19/h5-10,13,15,25H,4,11-12,14H2,1-3H3. The fraction of sp³-hybridized carbons (Fsp3) is 0.333. The van der Waals surface area contributed by atoms with Crippen LogP contribution in [0.1, 0.15) is 26.3 Å². The molecule has 0 saturated carbocycles. The Hall–Kier alpha value is -3.52. The van der Waals surface area contributed by atoms with E-state index in [0.717, 1.165) is 0 Å². The second kappa shape index (κ2) is 9.32. The van der Waals surface area contributed by atoms with Crippen molar-refractivity contribution in [2.45, 2.75) is 26.9 Å². The van der Waals surface area contributed by atoms with Crippen molar-refractivity contribution in [1.82, 2.24) is 4.90 Å². The molecule has 168 valence electrons. The smallest absolute Gasteiger partial charge is 0.278 e. The minimum Gasteiger partial charge on any atom is -0.494 e. The number of rotatable bonds is 9. The number of hydrogen-bond acceptors (Lipinski definition) is 7. The van der Waals surface area contributed by atoms with Crippen LogP contribution in [0.4, 0.5) is 5.69 Å². The summed E-state index contributed by atoms with van der Waals surface area (Å²) < 4.78 is 21.8. The molecule has 0 spiro atoms. The highest BCUT2D eigenvalue weighted by molar-refractivity contribution is 6.36. The minimum atomic E-state index is -0.399. The monoisotopic (exact) mass is 438 g/mol. The van der Waals surface area contributed by atoms with Gasteiger partial charge < -0.3 is 24.3 Å². The summed E-state index contributed by atoms with van der Waals surface area (Å²) in [7, 11) is 0.